The van der Waals surface area contributed by atoms with E-state index in [-0.39, 0.29) is 23.8 Å². The van der Waals surface area contributed by atoms with Crippen LogP contribution in [0.15, 0.2) is 42.5 Å². The maximum absolute atomic E-state index is 13.5. The zero-order chi connectivity index (χ0) is 14.5. The highest BCUT2D eigenvalue weighted by atomic mass is 19.1. The molecule has 20 heavy (non-hydrogen) atoms. The van der Waals surface area contributed by atoms with Crippen molar-refractivity contribution in [2.75, 3.05) is 11.9 Å². The van der Waals surface area contributed by atoms with Crippen molar-refractivity contribution in [3.8, 4) is 11.5 Å². The number of halogens is 1. The van der Waals surface area contributed by atoms with Crippen molar-refractivity contribution in [2.45, 2.75) is 6.92 Å². The van der Waals surface area contributed by atoms with Crippen molar-refractivity contribution >= 4 is 11.6 Å². The Morgan fingerprint density at radius 2 is 2.05 bits per heavy atom. The van der Waals surface area contributed by atoms with Gasteiger partial charge in [-0.25, -0.2) is 4.39 Å². The molecule has 0 radical (unpaired) electrons. The molecule has 2 N–H and O–H groups in total. The smallest absolute Gasteiger partial charge is 0.262 e. The van der Waals surface area contributed by atoms with E-state index in [1.165, 1.54) is 24.3 Å². The molecule has 0 fully saturated rings. The molecule has 0 saturated carbocycles. The molecule has 0 saturated heterocycles. The van der Waals surface area contributed by atoms with Crippen LogP contribution in [0.3, 0.4) is 0 Å². The summed E-state index contributed by atoms with van der Waals surface area (Å²) in [6.07, 6.45) is 0. The molecule has 0 unspecified atom stereocenters. The molecule has 0 aromatic heterocycles. The minimum atomic E-state index is -0.508. The maximum atomic E-state index is 13.5. The molecule has 0 atom stereocenters. The standard InChI is InChI=1S/C15H14FNO3/c1-10-6-7-11(16)12(8-10)17-15(19)9-20-14-5-3-2-4-13(14)18/h2-8,18H,9H2,1H3,(H,17,19). The van der Waals surface area contributed by atoms with Crippen molar-refractivity contribution in [2.24, 2.45) is 0 Å². The Morgan fingerprint density at radius 1 is 1.30 bits per heavy atom. The number of para-hydroxylation sites is 2. The monoisotopic (exact) mass is 275 g/mol. The van der Waals surface area contributed by atoms with Crippen LogP contribution in [-0.2, 0) is 4.79 Å². The summed E-state index contributed by atoms with van der Waals surface area (Å²) in [7, 11) is 0. The van der Waals surface area contributed by atoms with E-state index in [4.69, 9.17) is 4.74 Å². The fourth-order valence-corrected chi connectivity index (χ4v) is 1.64. The summed E-state index contributed by atoms with van der Waals surface area (Å²) >= 11 is 0. The topological polar surface area (TPSA) is 58.6 Å². The second kappa shape index (κ2) is 6.06. The number of nitrogens with one attached hydrogen (secondary N) is 1. The molecule has 4 nitrogen and oxygen atoms in total. The molecule has 0 aliphatic heterocycles. The molecule has 5 heteroatoms. The van der Waals surface area contributed by atoms with E-state index in [1.807, 2.05) is 0 Å². The molecule has 0 heterocycles. The average molecular weight is 275 g/mol. The van der Waals surface area contributed by atoms with Gasteiger partial charge in [0.2, 0.25) is 0 Å². The highest BCUT2D eigenvalue weighted by molar-refractivity contribution is 5.92. The van der Waals surface area contributed by atoms with E-state index in [0.29, 0.717) is 0 Å². The molecule has 2 rings (SSSR count). The molecule has 0 spiro atoms. The fraction of sp³-hybridized carbons (Fsp3) is 0.133. The van der Waals surface area contributed by atoms with Crippen LogP contribution >= 0.6 is 0 Å². The van der Waals surface area contributed by atoms with Gasteiger partial charge in [0.1, 0.15) is 5.82 Å². The largest absolute Gasteiger partial charge is 0.504 e. The van der Waals surface area contributed by atoms with Gasteiger partial charge in [0.05, 0.1) is 5.69 Å². The average Bonchev–Trinajstić information content (AvgIpc) is 2.42. The van der Waals surface area contributed by atoms with Crippen molar-refractivity contribution in [3.63, 3.8) is 0 Å². The first-order chi connectivity index (χ1) is 9.56. The Hall–Kier alpha value is -2.56. The van der Waals surface area contributed by atoms with E-state index >= 15 is 0 Å². The number of hydrogen-bond acceptors (Lipinski definition) is 3. The molecular formula is C15H14FNO3. The van der Waals surface area contributed by atoms with E-state index in [0.717, 1.165) is 5.56 Å². The van der Waals surface area contributed by atoms with Gasteiger partial charge in [-0.15, -0.1) is 0 Å². The first-order valence-corrected chi connectivity index (χ1v) is 6.03. The molecule has 0 bridgehead atoms. The van der Waals surface area contributed by atoms with E-state index in [1.54, 1.807) is 25.1 Å². The van der Waals surface area contributed by atoms with Crippen molar-refractivity contribution in [3.05, 3.63) is 53.8 Å². The van der Waals surface area contributed by atoms with Crippen LogP contribution in [0.5, 0.6) is 11.5 Å². The third kappa shape index (κ3) is 3.47. The molecule has 0 aliphatic carbocycles. The minimum absolute atomic E-state index is 0.0537. The third-order valence-corrected chi connectivity index (χ3v) is 2.62. The van der Waals surface area contributed by atoms with E-state index in [2.05, 4.69) is 5.32 Å². The lowest BCUT2D eigenvalue weighted by atomic mass is 10.2. The molecule has 1 amide bonds. The molecular weight excluding hydrogens is 261 g/mol. The van der Waals surface area contributed by atoms with Crippen LogP contribution in [0.4, 0.5) is 10.1 Å². The number of phenolic OH excluding ortho intramolecular Hbond substituents is 1. The first kappa shape index (κ1) is 13.9. The van der Waals surface area contributed by atoms with Crippen molar-refractivity contribution < 1.29 is 19.0 Å². The van der Waals surface area contributed by atoms with Crippen molar-refractivity contribution in [1.82, 2.24) is 0 Å². The van der Waals surface area contributed by atoms with Gasteiger partial charge < -0.3 is 15.2 Å². The lowest BCUT2D eigenvalue weighted by molar-refractivity contribution is -0.118. The second-order valence-electron chi connectivity index (χ2n) is 4.29. The predicted molar refractivity (Wildman–Crippen MR) is 73.4 cm³/mol. The number of hydrogen-bond donors (Lipinski definition) is 2. The number of benzene rings is 2. The summed E-state index contributed by atoms with van der Waals surface area (Å²) in [5.74, 6) is -0.862. The Bertz CT molecular complexity index is 628. The number of carbonyl (C=O) groups is 1. The first-order valence-electron chi connectivity index (χ1n) is 6.03. The van der Waals surface area contributed by atoms with E-state index in [9.17, 15) is 14.3 Å². The number of phenols is 1. The zero-order valence-corrected chi connectivity index (χ0v) is 10.9. The number of ether oxygens (including phenoxy) is 1. The van der Waals surface area contributed by atoms with Gasteiger partial charge in [-0.2, -0.15) is 0 Å². The van der Waals surface area contributed by atoms with Crippen LogP contribution in [0.25, 0.3) is 0 Å². The highest BCUT2D eigenvalue weighted by Gasteiger charge is 2.09. The number of rotatable bonds is 4. The Kier molecular flexibility index (Phi) is 4.20. The van der Waals surface area contributed by atoms with Gasteiger partial charge in [0.25, 0.3) is 5.91 Å². The van der Waals surface area contributed by atoms with Gasteiger partial charge in [0, 0.05) is 0 Å². The molecule has 104 valence electrons. The summed E-state index contributed by atoms with van der Waals surface area (Å²) in [4.78, 5) is 11.7. The van der Waals surface area contributed by atoms with Gasteiger partial charge in [-0.1, -0.05) is 18.2 Å². The number of anilines is 1. The molecule has 2 aromatic rings. The van der Waals surface area contributed by atoms with Gasteiger partial charge in [-0.3, -0.25) is 4.79 Å². The highest BCUT2D eigenvalue weighted by Crippen LogP contribution is 2.24. The third-order valence-electron chi connectivity index (χ3n) is 2.62. The summed E-state index contributed by atoms with van der Waals surface area (Å²) < 4.78 is 18.6. The maximum Gasteiger partial charge on any atom is 0.262 e. The Balaban J connectivity index is 1.96. The van der Waals surface area contributed by atoms with Gasteiger partial charge in [0.15, 0.2) is 18.1 Å². The van der Waals surface area contributed by atoms with E-state index < -0.39 is 11.7 Å². The summed E-state index contributed by atoms with van der Waals surface area (Å²) in [5.41, 5.74) is 0.944. The SMILES string of the molecule is Cc1ccc(F)c(NC(=O)COc2ccccc2O)c1. The van der Waals surface area contributed by atoms with Crippen LogP contribution in [-0.4, -0.2) is 17.6 Å². The summed E-state index contributed by atoms with van der Waals surface area (Å²) in [5, 5.41) is 11.9. The number of aryl methyl sites for hydroxylation is 1. The number of carbonyl (C=O) groups excluding carboxylic acids is 1. The van der Waals surface area contributed by atoms with Crippen LogP contribution in [0.2, 0.25) is 0 Å². The molecule has 2 aromatic carbocycles. The minimum Gasteiger partial charge on any atom is -0.504 e. The number of amides is 1. The molecule has 0 aliphatic rings. The van der Waals surface area contributed by atoms with Crippen LogP contribution < -0.4 is 10.1 Å². The zero-order valence-electron chi connectivity index (χ0n) is 10.9. The predicted octanol–water partition coefficient (Wildman–Crippen LogP) is 2.86. The summed E-state index contributed by atoms with van der Waals surface area (Å²) in [6.45, 7) is 1.48. The van der Waals surface area contributed by atoms with Gasteiger partial charge >= 0.3 is 0 Å². The van der Waals surface area contributed by atoms with Crippen LogP contribution in [0.1, 0.15) is 5.56 Å². The number of aromatic hydroxyl groups is 1. The normalized spacial score (nSPS) is 10.1. The Labute approximate surface area is 115 Å². The quantitative estimate of drug-likeness (QED) is 0.902. The van der Waals surface area contributed by atoms with Crippen LogP contribution in [0, 0.1) is 12.7 Å². The second-order valence-corrected chi connectivity index (χ2v) is 4.29. The van der Waals surface area contributed by atoms with Crippen molar-refractivity contribution in [1.29, 1.82) is 0 Å². The lowest BCUT2D eigenvalue weighted by Crippen LogP contribution is -2.20. The Morgan fingerprint density at radius 3 is 2.80 bits per heavy atom. The fourth-order valence-electron chi connectivity index (χ4n) is 1.64. The lowest BCUT2D eigenvalue weighted by Gasteiger charge is -2.09. The van der Waals surface area contributed by atoms with Gasteiger partial charge in [-0.05, 0) is 36.8 Å². The summed E-state index contributed by atoms with van der Waals surface area (Å²) in [6, 6.07) is 10.7.